The molecule has 4 heteroatoms. The SMILES string of the molecule is CCCCc1nc(CCCC)n(Cc2ccc(-c3ccccc3C#N)cc2)n1. The van der Waals surface area contributed by atoms with Gasteiger partial charge < -0.3 is 0 Å². The minimum Gasteiger partial charge on any atom is -0.245 e. The van der Waals surface area contributed by atoms with Crippen LogP contribution in [-0.2, 0) is 19.4 Å². The van der Waals surface area contributed by atoms with Gasteiger partial charge in [-0.3, -0.25) is 0 Å². The smallest absolute Gasteiger partial charge is 0.150 e. The number of aromatic nitrogens is 3. The van der Waals surface area contributed by atoms with Crippen molar-refractivity contribution in [3.8, 4) is 17.2 Å². The van der Waals surface area contributed by atoms with Gasteiger partial charge in [0, 0.05) is 12.8 Å². The minimum absolute atomic E-state index is 0.703. The summed E-state index contributed by atoms with van der Waals surface area (Å²) < 4.78 is 2.07. The summed E-state index contributed by atoms with van der Waals surface area (Å²) in [5.41, 5.74) is 3.94. The molecular formula is C24H28N4. The minimum atomic E-state index is 0.703. The molecule has 0 aliphatic rings. The van der Waals surface area contributed by atoms with Gasteiger partial charge in [-0.1, -0.05) is 69.2 Å². The van der Waals surface area contributed by atoms with Crippen LogP contribution >= 0.6 is 0 Å². The first-order valence-corrected chi connectivity index (χ1v) is 10.3. The highest BCUT2D eigenvalue weighted by atomic mass is 15.3. The molecule has 4 nitrogen and oxygen atoms in total. The van der Waals surface area contributed by atoms with Gasteiger partial charge in [0.2, 0.25) is 0 Å². The summed E-state index contributed by atoms with van der Waals surface area (Å²) in [7, 11) is 0. The third-order valence-electron chi connectivity index (χ3n) is 4.94. The van der Waals surface area contributed by atoms with E-state index in [2.05, 4.69) is 48.9 Å². The molecule has 0 radical (unpaired) electrons. The predicted octanol–water partition coefficient (Wildman–Crippen LogP) is 5.55. The Morgan fingerprint density at radius 3 is 2.36 bits per heavy atom. The second-order valence-corrected chi connectivity index (χ2v) is 7.16. The Bertz CT molecular complexity index is 932. The molecule has 3 rings (SSSR count). The fourth-order valence-electron chi connectivity index (χ4n) is 3.31. The van der Waals surface area contributed by atoms with Crippen molar-refractivity contribution in [3.05, 3.63) is 71.3 Å². The van der Waals surface area contributed by atoms with E-state index < -0.39 is 0 Å². The summed E-state index contributed by atoms with van der Waals surface area (Å²) in [6.45, 7) is 5.13. The molecule has 28 heavy (non-hydrogen) atoms. The number of benzene rings is 2. The molecule has 0 N–H and O–H groups in total. The van der Waals surface area contributed by atoms with Crippen LogP contribution in [0.25, 0.3) is 11.1 Å². The van der Waals surface area contributed by atoms with Gasteiger partial charge in [0.25, 0.3) is 0 Å². The molecule has 0 fully saturated rings. The molecule has 0 saturated heterocycles. The van der Waals surface area contributed by atoms with Gasteiger partial charge in [-0.2, -0.15) is 10.4 Å². The second-order valence-electron chi connectivity index (χ2n) is 7.16. The summed E-state index contributed by atoms with van der Waals surface area (Å²) in [5.74, 6) is 2.05. The molecule has 1 aromatic heterocycles. The van der Waals surface area contributed by atoms with Crippen molar-refractivity contribution in [1.82, 2.24) is 14.8 Å². The Morgan fingerprint density at radius 2 is 1.64 bits per heavy atom. The number of hydrogen-bond donors (Lipinski definition) is 0. The lowest BCUT2D eigenvalue weighted by Gasteiger charge is -2.08. The molecule has 0 amide bonds. The lowest BCUT2D eigenvalue weighted by Crippen LogP contribution is -2.07. The average Bonchev–Trinajstić information content (AvgIpc) is 3.12. The quantitative estimate of drug-likeness (QED) is 0.495. The fourth-order valence-corrected chi connectivity index (χ4v) is 3.31. The maximum absolute atomic E-state index is 9.33. The number of hydrogen-bond acceptors (Lipinski definition) is 3. The Morgan fingerprint density at radius 1 is 0.929 bits per heavy atom. The van der Waals surface area contributed by atoms with Crippen molar-refractivity contribution in [2.75, 3.05) is 0 Å². The third kappa shape index (κ3) is 4.86. The van der Waals surface area contributed by atoms with E-state index in [9.17, 15) is 5.26 Å². The van der Waals surface area contributed by atoms with Gasteiger partial charge >= 0.3 is 0 Å². The zero-order chi connectivity index (χ0) is 19.8. The van der Waals surface area contributed by atoms with Gasteiger partial charge in [0.15, 0.2) is 5.82 Å². The maximum Gasteiger partial charge on any atom is 0.150 e. The van der Waals surface area contributed by atoms with E-state index in [1.165, 1.54) is 5.56 Å². The topological polar surface area (TPSA) is 54.5 Å². The first-order valence-electron chi connectivity index (χ1n) is 10.3. The number of aryl methyl sites for hydroxylation is 2. The second kappa shape index (κ2) is 9.85. The maximum atomic E-state index is 9.33. The zero-order valence-corrected chi connectivity index (χ0v) is 16.9. The number of nitriles is 1. The van der Waals surface area contributed by atoms with Crippen LogP contribution in [0.1, 0.15) is 62.3 Å². The van der Waals surface area contributed by atoms with Crippen LogP contribution in [0.15, 0.2) is 48.5 Å². The van der Waals surface area contributed by atoms with E-state index in [4.69, 9.17) is 10.1 Å². The summed E-state index contributed by atoms with van der Waals surface area (Å²) in [5, 5.41) is 14.1. The normalized spacial score (nSPS) is 10.8. The van der Waals surface area contributed by atoms with Crippen molar-refractivity contribution >= 4 is 0 Å². The highest BCUT2D eigenvalue weighted by Crippen LogP contribution is 2.23. The van der Waals surface area contributed by atoms with E-state index in [0.717, 1.165) is 67.8 Å². The molecule has 0 unspecified atom stereocenters. The molecule has 0 saturated carbocycles. The highest BCUT2D eigenvalue weighted by molar-refractivity contribution is 5.70. The molecule has 2 aromatic carbocycles. The molecule has 3 aromatic rings. The van der Waals surface area contributed by atoms with Crippen LogP contribution in [0.3, 0.4) is 0 Å². The molecule has 0 atom stereocenters. The predicted molar refractivity (Wildman–Crippen MR) is 113 cm³/mol. The van der Waals surface area contributed by atoms with Crippen molar-refractivity contribution < 1.29 is 0 Å². The Kier molecular flexibility index (Phi) is 6.97. The lowest BCUT2D eigenvalue weighted by molar-refractivity contribution is 0.612. The van der Waals surface area contributed by atoms with Crippen LogP contribution in [-0.4, -0.2) is 14.8 Å². The van der Waals surface area contributed by atoms with Crippen molar-refractivity contribution in [1.29, 1.82) is 5.26 Å². The first kappa shape index (κ1) is 19.8. The van der Waals surface area contributed by atoms with Crippen LogP contribution < -0.4 is 0 Å². The molecule has 0 aliphatic heterocycles. The monoisotopic (exact) mass is 372 g/mol. The van der Waals surface area contributed by atoms with Crippen molar-refractivity contribution in [3.63, 3.8) is 0 Å². The van der Waals surface area contributed by atoms with Crippen molar-refractivity contribution in [2.45, 2.75) is 58.9 Å². The van der Waals surface area contributed by atoms with E-state index >= 15 is 0 Å². The third-order valence-corrected chi connectivity index (χ3v) is 4.94. The molecule has 1 heterocycles. The number of rotatable bonds is 9. The fraction of sp³-hybridized carbons (Fsp3) is 0.375. The Balaban J connectivity index is 1.79. The van der Waals surface area contributed by atoms with E-state index in [0.29, 0.717) is 5.56 Å². The molecule has 0 aliphatic carbocycles. The van der Waals surface area contributed by atoms with Gasteiger partial charge in [-0.05, 0) is 35.6 Å². The van der Waals surface area contributed by atoms with Crippen LogP contribution in [0, 0.1) is 11.3 Å². The van der Waals surface area contributed by atoms with Crippen LogP contribution in [0.5, 0.6) is 0 Å². The standard InChI is InChI=1S/C24H28N4/c1-3-5-11-23-26-24(12-6-4-2)28(27-23)18-19-13-15-20(16-14-19)22-10-8-7-9-21(22)17-25/h7-10,13-16H,3-6,11-12,18H2,1-2H3. The number of unbranched alkanes of at least 4 members (excludes halogenated alkanes) is 2. The van der Waals surface area contributed by atoms with Gasteiger partial charge in [0.1, 0.15) is 5.82 Å². The van der Waals surface area contributed by atoms with Gasteiger partial charge in [0.05, 0.1) is 18.2 Å². The molecule has 0 spiro atoms. The van der Waals surface area contributed by atoms with Gasteiger partial charge in [-0.25, -0.2) is 9.67 Å². The Labute approximate surface area is 167 Å². The highest BCUT2D eigenvalue weighted by Gasteiger charge is 2.11. The number of nitrogens with zero attached hydrogens (tertiary/aromatic N) is 4. The van der Waals surface area contributed by atoms with Crippen LogP contribution in [0.2, 0.25) is 0 Å². The van der Waals surface area contributed by atoms with E-state index in [-0.39, 0.29) is 0 Å². The first-order chi connectivity index (χ1) is 13.7. The van der Waals surface area contributed by atoms with E-state index in [1.54, 1.807) is 0 Å². The average molecular weight is 373 g/mol. The summed E-state index contributed by atoms with van der Waals surface area (Å²) in [6.07, 6.45) is 6.50. The summed E-state index contributed by atoms with van der Waals surface area (Å²) in [4.78, 5) is 4.79. The lowest BCUT2D eigenvalue weighted by atomic mass is 9.99. The molecular weight excluding hydrogens is 344 g/mol. The molecule has 144 valence electrons. The zero-order valence-electron chi connectivity index (χ0n) is 16.9. The summed E-state index contributed by atoms with van der Waals surface area (Å²) >= 11 is 0. The van der Waals surface area contributed by atoms with Gasteiger partial charge in [-0.15, -0.1) is 0 Å². The largest absolute Gasteiger partial charge is 0.245 e. The Hall–Kier alpha value is -2.93. The summed E-state index contributed by atoms with van der Waals surface area (Å²) in [6, 6.07) is 18.4. The van der Waals surface area contributed by atoms with E-state index in [1.807, 2.05) is 24.3 Å². The van der Waals surface area contributed by atoms with Crippen molar-refractivity contribution in [2.24, 2.45) is 0 Å². The molecule has 0 bridgehead atoms. The van der Waals surface area contributed by atoms with Crippen LogP contribution in [0.4, 0.5) is 0 Å².